The Bertz CT molecular complexity index is 892. The van der Waals surface area contributed by atoms with Gasteiger partial charge in [0.15, 0.2) is 0 Å². The molecule has 2 rings (SSSR count). The van der Waals surface area contributed by atoms with Crippen LogP contribution in [0.25, 0.3) is 0 Å². The van der Waals surface area contributed by atoms with Gasteiger partial charge >= 0.3 is 12.4 Å². The molecule has 11 heteroatoms. The van der Waals surface area contributed by atoms with Gasteiger partial charge in [0.1, 0.15) is 0 Å². The molecule has 0 bridgehead atoms. The maximum atomic E-state index is 12.9. The number of nitrogens with one attached hydrogen (secondary N) is 2. The van der Waals surface area contributed by atoms with Crippen LogP contribution in [0.3, 0.4) is 0 Å². The van der Waals surface area contributed by atoms with Crippen molar-refractivity contribution in [2.75, 3.05) is 13.1 Å². The maximum Gasteiger partial charge on any atom is 0.416 e. The van der Waals surface area contributed by atoms with Gasteiger partial charge in [0.05, 0.1) is 11.1 Å². The summed E-state index contributed by atoms with van der Waals surface area (Å²) in [7, 11) is 0. The van der Waals surface area contributed by atoms with Crippen LogP contribution in [-0.4, -0.2) is 24.9 Å². The first-order valence-corrected chi connectivity index (χ1v) is 9.06. The standard InChI is InChI=1S/C20H19F6N3O2/c21-19(22,23)15-8-14(9-16(10-15)20(24,25)26)18(31)29-7-1-6-28-17(30)13-4-2-12(11-27)3-5-13/h2-5,8-10H,1,6-7,11,27H2,(H,28,30)(H,29,31). The lowest BCUT2D eigenvalue weighted by molar-refractivity contribution is -0.143. The van der Waals surface area contributed by atoms with E-state index in [0.29, 0.717) is 24.2 Å². The van der Waals surface area contributed by atoms with E-state index in [2.05, 4.69) is 10.6 Å². The van der Waals surface area contributed by atoms with Crippen LogP contribution in [0.4, 0.5) is 26.3 Å². The summed E-state index contributed by atoms with van der Waals surface area (Å²) in [6.07, 6.45) is -9.87. The van der Waals surface area contributed by atoms with Crippen molar-refractivity contribution < 1.29 is 35.9 Å². The third-order valence-electron chi connectivity index (χ3n) is 4.23. The highest BCUT2D eigenvalue weighted by Gasteiger charge is 2.37. The quantitative estimate of drug-likeness (QED) is 0.447. The predicted molar refractivity (Wildman–Crippen MR) is 100 cm³/mol. The summed E-state index contributed by atoms with van der Waals surface area (Å²) in [5.74, 6) is -1.46. The normalized spacial score (nSPS) is 11.8. The molecule has 0 aliphatic carbocycles. The zero-order valence-electron chi connectivity index (χ0n) is 16.0. The van der Waals surface area contributed by atoms with E-state index in [1.54, 1.807) is 24.3 Å². The van der Waals surface area contributed by atoms with E-state index < -0.39 is 35.0 Å². The number of alkyl halides is 6. The Balaban J connectivity index is 1.91. The Kier molecular flexibility index (Phi) is 7.66. The zero-order chi connectivity index (χ0) is 23.2. The highest BCUT2D eigenvalue weighted by molar-refractivity contribution is 5.95. The molecular formula is C20H19F6N3O2. The van der Waals surface area contributed by atoms with Crippen molar-refractivity contribution in [3.05, 3.63) is 70.3 Å². The molecule has 168 valence electrons. The van der Waals surface area contributed by atoms with Gasteiger partial charge in [-0.2, -0.15) is 26.3 Å². The molecule has 31 heavy (non-hydrogen) atoms. The Morgan fingerprint density at radius 2 is 1.19 bits per heavy atom. The lowest BCUT2D eigenvalue weighted by atomic mass is 10.0. The Morgan fingerprint density at radius 3 is 1.61 bits per heavy atom. The molecular weight excluding hydrogens is 428 g/mol. The van der Waals surface area contributed by atoms with Crippen molar-refractivity contribution >= 4 is 11.8 Å². The minimum absolute atomic E-state index is 0.0492. The molecule has 0 fully saturated rings. The molecule has 5 nitrogen and oxygen atoms in total. The van der Waals surface area contributed by atoms with Gasteiger partial charge in [-0.1, -0.05) is 12.1 Å². The van der Waals surface area contributed by atoms with Gasteiger partial charge in [0, 0.05) is 30.8 Å². The van der Waals surface area contributed by atoms with Gasteiger partial charge < -0.3 is 16.4 Å². The first-order valence-electron chi connectivity index (χ1n) is 9.06. The van der Waals surface area contributed by atoms with Gasteiger partial charge in [-0.25, -0.2) is 0 Å². The number of halogens is 6. The third-order valence-corrected chi connectivity index (χ3v) is 4.23. The van der Waals surface area contributed by atoms with E-state index in [-0.39, 0.29) is 31.5 Å². The molecule has 2 amide bonds. The summed E-state index contributed by atoms with van der Waals surface area (Å²) in [6, 6.07) is 7.23. The van der Waals surface area contributed by atoms with Gasteiger partial charge in [-0.05, 0) is 42.3 Å². The van der Waals surface area contributed by atoms with Crippen LogP contribution in [0, 0.1) is 0 Å². The van der Waals surface area contributed by atoms with Crippen LogP contribution < -0.4 is 16.4 Å². The van der Waals surface area contributed by atoms with Crippen molar-refractivity contribution in [2.45, 2.75) is 25.3 Å². The number of nitrogens with two attached hydrogens (primary N) is 1. The first-order chi connectivity index (χ1) is 14.4. The van der Waals surface area contributed by atoms with Crippen molar-refractivity contribution in [1.82, 2.24) is 10.6 Å². The molecule has 0 aliphatic heterocycles. The number of hydrogen-bond donors (Lipinski definition) is 3. The van der Waals surface area contributed by atoms with Crippen molar-refractivity contribution in [3.8, 4) is 0 Å². The molecule has 4 N–H and O–H groups in total. The second-order valence-corrected chi connectivity index (χ2v) is 6.56. The summed E-state index contributed by atoms with van der Waals surface area (Å²) < 4.78 is 77.2. The van der Waals surface area contributed by atoms with Crippen molar-refractivity contribution in [3.63, 3.8) is 0 Å². The van der Waals surface area contributed by atoms with E-state index in [0.717, 1.165) is 5.56 Å². The smallest absolute Gasteiger partial charge is 0.352 e. The molecule has 2 aromatic carbocycles. The highest BCUT2D eigenvalue weighted by Crippen LogP contribution is 2.36. The van der Waals surface area contributed by atoms with Crippen LogP contribution >= 0.6 is 0 Å². The van der Waals surface area contributed by atoms with E-state index >= 15 is 0 Å². The summed E-state index contributed by atoms with van der Waals surface area (Å²) in [5, 5.41) is 4.83. The number of rotatable bonds is 7. The topological polar surface area (TPSA) is 84.2 Å². The summed E-state index contributed by atoms with van der Waals surface area (Å²) in [4.78, 5) is 24.0. The van der Waals surface area contributed by atoms with E-state index in [4.69, 9.17) is 5.73 Å². The number of carbonyl (C=O) groups is 2. The predicted octanol–water partition coefficient (Wildman–Crippen LogP) is 3.73. The average Bonchev–Trinajstić information content (AvgIpc) is 2.71. The zero-order valence-corrected chi connectivity index (χ0v) is 16.0. The lowest BCUT2D eigenvalue weighted by Crippen LogP contribution is -2.30. The molecule has 0 radical (unpaired) electrons. The van der Waals surface area contributed by atoms with E-state index in [9.17, 15) is 35.9 Å². The summed E-state index contributed by atoms with van der Waals surface area (Å²) >= 11 is 0. The Morgan fingerprint density at radius 1 is 0.742 bits per heavy atom. The van der Waals surface area contributed by atoms with E-state index in [1.165, 1.54) is 0 Å². The molecule has 0 saturated heterocycles. The Labute approximate surface area is 173 Å². The number of hydrogen-bond acceptors (Lipinski definition) is 3. The number of benzene rings is 2. The van der Waals surface area contributed by atoms with Crippen LogP contribution in [0.5, 0.6) is 0 Å². The van der Waals surface area contributed by atoms with Crippen LogP contribution in [0.15, 0.2) is 42.5 Å². The lowest BCUT2D eigenvalue weighted by Gasteiger charge is -2.14. The largest absolute Gasteiger partial charge is 0.416 e. The summed E-state index contributed by atoms with van der Waals surface area (Å²) in [5.41, 5.74) is 2.82. The number of carbonyl (C=O) groups excluding carboxylic acids is 2. The molecule has 0 heterocycles. The number of amides is 2. The average molecular weight is 447 g/mol. The molecule has 2 aromatic rings. The SMILES string of the molecule is NCc1ccc(C(=O)NCCCNC(=O)c2cc(C(F)(F)F)cc(C(F)(F)F)c2)cc1. The second kappa shape index (κ2) is 9.82. The fourth-order valence-corrected chi connectivity index (χ4v) is 2.57. The molecule has 0 saturated carbocycles. The van der Waals surface area contributed by atoms with E-state index in [1.807, 2.05) is 0 Å². The van der Waals surface area contributed by atoms with Crippen molar-refractivity contribution in [2.24, 2.45) is 5.73 Å². The molecule has 0 aliphatic rings. The third kappa shape index (κ3) is 6.99. The fourth-order valence-electron chi connectivity index (χ4n) is 2.57. The maximum absolute atomic E-state index is 12.9. The van der Waals surface area contributed by atoms with Crippen LogP contribution in [-0.2, 0) is 18.9 Å². The summed E-state index contributed by atoms with van der Waals surface area (Å²) in [6.45, 7) is 0.398. The van der Waals surface area contributed by atoms with Gasteiger partial charge in [-0.15, -0.1) is 0 Å². The van der Waals surface area contributed by atoms with Crippen molar-refractivity contribution in [1.29, 1.82) is 0 Å². The molecule has 0 aromatic heterocycles. The molecule has 0 unspecified atom stereocenters. The van der Waals surface area contributed by atoms with Gasteiger partial charge in [-0.3, -0.25) is 9.59 Å². The van der Waals surface area contributed by atoms with Crippen LogP contribution in [0.2, 0.25) is 0 Å². The molecule has 0 spiro atoms. The van der Waals surface area contributed by atoms with Crippen LogP contribution in [0.1, 0.15) is 43.8 Å². The highest BCUT2D eigenvalue weighted by atomic mass is 19.4. The monoisotopic (exact) mass is 447 g/mol. The fraction of sp³-hybridized carbons (Fsp3) is 0.300. The second-order valence-electron chi connectivity index (χ2n) is 6.56. The Hall–Kier alpha value is -3.08. The minimum atomic E-state index is -5.04. The van der Waals surface area contributed by atoms with Gasteiger partial charge in [0.25, 0.3) is 11.8 Å². The first kappa shape index (κ1) is 24.2. The van der Waals surface area contributed by atoms with Gasteiger partial charge in [0.2, 0.25) is 0 Å². The minimum Gasteiger partial charge on any atom is -0.352 e. The molecule has 0 atom stereocenters.